The summed E-state index contributed by atoms with van der Waals surface area (Å²) in [5.41, 5.74) is 0. The number of amides is 1. The smallest absolute Gasteiger partial charge is 0.217 e. The molecule has 1 aliphatic heterocycles. The molecule has 0 unspecified atom stereocenters. The summed E-state index contributed by atoms with van der Waals surface area (Å²) >= 11 is 0. The van der Waals surface area contributed by atoms with Gasteiger partial charge in [-0.15, -0.1) is 0 Å². The van der Waals surface area contributed by atoms with Crippen LogP contribution in [0.15, 0.2) is 0 Å². The molecule has 4 atom stereocenters. The third-order valence-electron chi connectivity index (χ3n) is 2.73. The number of rotatable bonds is 3. The normalized spacial score (nSPS) is 34.4. The Morgan fingerprint density at radius 2 is 2.19 bits per heavy atom. The van der Waals surface area contributed by atoms with Crippen molar-refractivity contribution in [1.29, 1.82) is 0 Å². The van der Waals surface area contributed by atoms with Crippen LogP contribution < -0.4 is 15.7 Å². The van der Waals surface area contributed by atoms with Gasteiger partial charge < -0.3 is 30.7 Å². The number of quaternary nitrogens is 1. The first-order valence-corrected chi connectivity index (χ1v) is 5.07. The van der Waals surface area contributed by atoms with Crippen LogP contribution in [0.1, 0.15) is 13.3 Å². The Kier molecular flexibility index (Phi) is 4.22. The second-order valence-electron chi connectivity index (χ2n) is 3.99. The Morgan fingerprint density at radius 3 is 2.62 bits per heavy atom. The lowest BCUT2D eigenvalue weighted by Crippen LogP contribution is -3.04. The number of piperidine rings is 1. The molecule has 7 nitrogen and oxygen atoms in total. The highest BCUT2D eigenvalue weighted by Crippen LogP contribution is 2.09. The van der Waals surface area contributed by atoms with Gasteiger partial charge in [0.2, 0.25) is 5.91 Å². The standard InChI is InChI=1S/C9H16N2O5/c1-4(13)10-8-6(3-12)11-5(9(15)16)2-7(8)14/h5-8,11-12,14H,2-3H2,1H3,(H,10,13)(H,15,16)/t5-,6-,7-,8-/m0/s1. The number of carboxylic acids is 1. The van der Waals surface area contributed by atoms with E-state index >= 15 is 0 Å². The van der Waals surface area contributed by atoms with Crippen molar-refractivity contribution >= 4 is 11.9 Å². The third-order valence-corrected chi connectivity index (χ3v) is 2.73. The molecule has 0 aliphatic carbocycles. The number of carbonyl (C=O) groups is 2. The second-order valence-corrected chi connectivity index (χ2v) is 3.99. The molecule has 7 heteroatoms. The molecule has 1 fully saturated rings. The number of aliphatic hydroxyl groups excluding tert-OH is 2. The number of hydrogen-bond donors (Lipinski definition) is 4. The van der Waals surface area contributed by atoms with E-state index in [-0.39, 0.29) is 18.9 Å². The lowest BCUT2D eigenvalue weighted by atomic mass is 9.91. The highest BCUT2D eigenvalue weighted by molar-refractivity contribution is 5.73. The van der Waals surface area contributed by atoms with Crippen molar-refractivity contribution in [2.24, 2.45) is 0 Å². The van der Waals surface area contributed by atoms with Gasteiger partial charge in [0, 0.05) is 13.3 Å². The highest BCUT2D eigenvalue weighted by atomic mass is 16.4. The van der Waals surface area contributed by atoms with Gasteiger partial charge in [-0.1, -0.05) is 0 Å². The average Bonchev–Trinajstić information content (AvgIpc) is 2.19. The minimum Gasteiger partial charge on any atom is -0.544 e. The zero-order chi connectivity index (χ0) is 12.3. The molecule has 1 rings (SSSR count). The molecular formula is C9H16N2O5. The molecule has 0 aromatic carbocycles. The number of carboxylic acid groups (broad SMARTS) is 1. The largest absolute Gasteiger partial charge is 0.544 e. The molecule has 0 bridgehead atoms. The van der Waals surface area contributed by atoms with Gasteiger partial charge in [0.25, 0.3) is 0 Å². The van der Waals surface area contributed by atoms with Crippen molar-refractivity contribution in [2.45, 2.75) is 37.6 Å². The molecule has 1 aliphatic rings. The Balaban J connectivity index is 2.72. The van der Waals surface area contributed by atoms with Gasteiger partial charge in [-0.3, -0.25) is 4.79 Å². The Hall–Kier alpha value is -1.18. The molecule has 0 radical (unpaired) electrons. The first kappa shape index (κ1) is 12.9. The Bertz CT molecular complexity index is 283. The van der Waals surface area contributed by atoms with Crippen molar-refractivity contribution in [3.05, 3.63) is 0 Å². The molecule has 0 aromatic rings. The molecule has 0 aromatic heterocycles. The van der Waals surface area contributed by atoms with Crippen molar-refractivity contribution in [3.63, 3.8) is 0 Å². The number of aliphatic carboxylic acids is 1. The van der Waals surface area contributed by atoms with Crippen LogP contribution in [0.2, 0.25) is 0 Å². The lowest BCUT2D eigenvalue weighted by molar-refractivity contribution is -0.729. The maximum Gasteiger partial charge on any atom is 0.217 e. The summed E-state index contributed by atoms with van der Waals surface area (Å²) in [6.07, 6.45) is -1.00. The van der Waals surface area contributed by atoms with E-state index in [1.165, 1.54) is 12.2 Å². The number of hydrogen-bond acceptors (Lipinski definition) is 5. The molecule has 1 heterocycles. The van der Waals surface area contributed by atoms with Crippen LogP contribution >= 0.6 is 0 Å². The summed E-state index contributed by atoms with van der Waals surface area (Å²) in [6, 6.07) is -2.11. The Morgan fingerprint density at radius 1 is 1.56 bits per heavy atom. The van der Waals surface area contributed by atoms with Crippen LogP contribution in [0.25, 0.3) is 0 Å². The van der Waals surface area contributed by atoms with E-state index in [1.54, 1.807) is 0 Å². The van der Waals surface area contributed by atoms with E-state index in [0.29, 0.717) is 0 Å². The predicted octanol–water partition coefficient (Wildman–Crippen LogP) is -4.70. The summed E-state index contributed by atoms with van der Waals surface area (Å²) in [7, 11) is 0. The van der Waals surface area contributed by atoms with Crippen molar-refractivity contribution in [2.75, 3.05) is 6.61 Å². The lowest BCUT2D eigenvalue weighted by Gasteiger charge is -2.37. The van der Waals surface area contributed by atoms with Crippen molar-refractivity contribution in [1.82, 2.24) is 5.32 Å². The van der Waals surface area contributed by atoms with Crippen molar-refractivity contribution in [3.8, 4) is 0 Å². The van der Waals surface area contributed by atoms with Crippen LogP contribution in [0, 0.1) is 0 Å². The SMILES string of the molecule is CC(=O)N[C@H]1[C@H](CO)[NH2+][C@H](C(=O)[O-])C[C@@H]1O. The van der Waals surface area contributed by atoms with Crippen LogP contribution in [0.5, 0.6) is 0 Å². The molecule has 92 valence electrons. The molecule has 1 saturated heterocycles. The van der Waals surface area contributed by atoms with Gasteiger partial charge in [0.15, 0.2) is 0 Å². The number of aliphatic hydroxyl groups is 2. The van der Waals surface area contributed by atoms with Crippen LogP contribution in [-0.2, 0) is 9.59 Å². The van der Waals surface area contributed by atoms with E-state index < -0.39 is 30.2 Å². The van der Waals surface area contributed by atoms with Crippen LogP contribution in [0.3, 0.4) is 0 Å². The number of carbonyl (C=O) groups excluding carboxylic acids is 2. The van der Waals surface area contributed by atoms with Gasteiger partial charge in [-0.25, -0.2) is 0 Å². The molecule has 5 N–H and O–H groups in total. The molecular weight excluding hydrogens is 216 g/mol. The van der Waals surface area contributed by atoms with Gasteiger partial charge >= 0.3 is 0 Å². The summed E-state index contributed by atoms with van der Waals surface area (Å²) in [6.45, 7) is 0.970. The quantitative estimate of drug-likeness (QED) is 0.389. The third kappa shape index (κ3) is 2.91. The first-order valence-electron chi connectivity index (χ1n) is 5.07. The highest BCUT2D eigenvalue weighted by Gasteiger charge is 2.40. The van der Waals surface area contributed by atoms with E-state index in [1.807, 2.05) is 0 Å². The minimum atomic E-state index is -1.28. The fraction of sp³-hybridized carbons (Fsp3) is 0.778. The van der Waals surface area contributed by atoms with Crippen LogP contribution in [-0.4, -0.2) is 52.9 Å². The predicted molar refractivity (Wildman–Crippen MR) is 49.8 cm³/mol. The maximum atomic E-state index is 10.9. The summed E-state index contributed by atoms with van der Waals surface area (Å²) in [4.78, 5) is 21.6. The van der Waals surface area contributed by atoms with Gasteiger partial charge in [-0.05, 0) is 0 Å². The molecule has 0 spiro atoms. The number of nitrogens with two attached hydrogens (primary N) is 1. The molecule has 1 amide bonds. The zero-order valence-corrected chi connectivity index (χ0v) is 8.92. The Labute approximate surface area is 92.5 Å². The van der Waals surface area contributed by atoms with E-state index in [0.717, 1.165) is 0 Å². The second kappa shape index (κ2) is 5.24. The first-order chi connectivity index (χ1) is 7.45. The summed E-state index contributed by atoms with van der Waals surface area (Å²) in [5, 5.41) is 33.4. The maximum absolute atomic E-state index is 10.9. The van der Waals surface area contributed by atoms with Gasteiger partial charge in [0.1, 0.15) is 18.1 Å². The zero-order valence-electron chi connectivity index (χ0n) is 8.92. The summed E-state index contributed by atoms with van der Waals surface area (Å²) < 4.78 is 0. The van der Waals surface area contributed by atoms with E-state index in [4.69, 9.17) is 5.11 Å². The van der Waals surface area contributed by atoms with Gasteiger partial charge in [-0.2, -0.15) is 0 Å². The fourth-order valence-corrected chi connectivity index (χ4v) is 1.98. The topological polar surface area (TPSA) is 126 Å². The van der Waals surface area contributed by atoms with Crippen LogP contribution in [0.4, 0.5) is 0 Å². The summed E-state index contributed by atoms with van der Waals surface area (Å²) in [5.74, 6) is -1.61. The molecule has 0 saturated carbocycles. The van der Waals surface area contributed by atoms with Crippen molar-refractivity contribution < 1.29 is 30.2 Å². The molecule has 16 heavy (non-hydrogen) atoms. The van der Waals surface area contributed by atoms with E-state index in [2.05, 4.69) is 5.32 Å². The van der Waals surface area contributed by atoms with E-state index in [9.17, 15) is 19.8 Å². The average molecular weight is 232 g/mol. The minimum absolute atomic E-state index is 0.0101. The van der Waals surface area contributed by atoms with Gasteiger partial charge in [0.05, 0.1) is 18.7 Å². The monoisotopic (exact) mass is 232 g/mol. The number of nitrogens with one attached hydrogen (secondary N) is 1. The fourth-order valence-electron chi connectivity index (χ4n) is 1.98.